The van der Waals surface area contributed by atoms with Gasteiger partial charge in [-0.25, -0.2) is 0 Å². The van der Waals surface area contributed by atoms with Gasteiger partial charge in [0.1, 0.15) is 12.4 Å². The number of hydrogen-bond donors (Lipinski definition) is 0. The normalized spacial score (nSPS) is 9.86. The Balaban J connectivity index is 1.96. The third-order valence-corrected chi connectivity index (χ3v) is 3.18. The molecule has 1 nitrogen and oxygen atoms in total. The third-order valence-electron chi connectivity index (χ3n) is 2.99. The number of hydrogen-bond acceptors (Lipinski definition) is 1. The van der Waals surface area contributed by atoms with Crippen LogP contribution in [0.25, 0.3) is 0 Å². The van der Waals surface area contributed by atoms with Gasteiger partial charge in [0.2, 0.25) is 0 Å². The summed E-state index contributed by atoms with van der Waals surface area (Å²) < 4.78 is 5.81. The highest BCUT2D eigenvalue weighted by Crippen LogP contribution is 2.15. The molecule has 21 heavy (non-hydrogen) atoms. The second kappa shape index (κ2) is 7.76. The van der Waals surface area contributed by atoms with E-state index < -0.39 is 0 Å². The van der Waals surface area contributed by atoms with Gasteiger partial charge in [0.05, 0.1) is 0 Å². The Morgan fingerprint density at radius 2 is 1.67 bits per heavy atom. The van der Waals surface area contributed by atoms with E-state index in [1.807, 2.05) is 24.3 Å². The number of aryl methyl sites for hydroxylation is 2. The molecule has 0 aromatic heterocycles. The monoisotopic (exact) mass is 298 g/mol. The predicted octanol–water partition coefficient (Wildman–Crippen LogP) is 4.86. The Labute approximate surface area is 131 Å². The molecule has 2 aromatic rings. The van der Waals surface area contributed by atoms with Crippen molar-refractivity contribution in [1.82, 2.24) is 0 Å². The number of halogens is 1. The van der Waals surface area contributed by atoms with Crippen molar-refractivity contribution in [3.8, 4) is 17.6 Å². The third kappa shape index (κ3) is 5.17. The molecule has 2 rings (SSSR count). The molecule has 0 atom stereocenters. The van der Waals surface area contributed by atoms with Crippen LogP contribution < -0.4 is 4.74 Å². The lowest BCUT2D eigenvalue weighted by molar-refractivity contribution is 0.306. The van der Waals surface area contributed by atoms with Gasteiger partial charge < -0.3 is 4.74 Å². The number of benzene rings is 2. The second-order valence-electron chi connectivity index (χ2n) is 5.05. The van der Waals surface area contributed by atoms with Crippen LogP contribution >= 0.6 is 11.6 Å². The fourth-order valence-corrected chi connectivity index (χ4v) is 2.26. The van der Waals surface area contributed by atoms with E-state index >= 15 is 0 Å². The Kier molecular flexibility index (Phi) is 5.72. The van der Waals surface area contributed by atoms with E-state index in [0.29, 0.717) is 18.9 Å². The van der Waals surface area contributed by atoms with Crippen LogP contribution in [0.5, 0.6) is 5.75 Å². The molecule has 0 fully saturated rings. The molecular formula is C19H19ClO. The second-order valence-corrected chi connectivity index (χ2v) is 5.43. The van der Waals surface area contributed by atoms with Crippen molar-refractivity contribution < 1.29 is 4.74 Å². The van der Waals surface area contributed by atoms with E-state index in [0.717, 1.165) is 11.3 Å². The first kappa shape index (κ1) is 15.5. The van der Waals surface area contributed by atoms with Crippen molar-refractivity contribution >= 4 is 11.6 Å². The molecule has 0 spiro atoms. The minimum atomic E-state index is 0.574. The van der Waals surface area contributed by atoms with Gasteiger partial charge in [0, 0.05) is 17.9 Å². The smallest absolute Gasteiger partial charge is 0.119 e. The zero-order valence-corrected chi connectivity index (χ0v) is 13.2. The quantitative estimate of drug-likeness (QED) is 0.578. The van der Waals surface area contributed by atoms with Crippen molar-refractivity contribution in [2.75, 3.05) is 5.88 Å². The van der Waals surface area contributed by atoms with Crippen LogP contribution in [0.4, 0.5) is 0 Å². The van der Waals surface area contributed by atoms with Crippen LogP contribution in [0.1, 0.15) is 28.7 Å². The molecule has 2 heteroatoms. The number of ether oxygens (including phenoxy) is 1. The number of alkyl halides is 1. The maximum Gasteiger partial charge on any atom is 0.119 e. The zero-order chi connectivity index (χ0) is 15.1. The zero-order valence-electron chi connectivity index (χ0n) is 12.4. The van der Waals surface area contributed by atoms with Gasteiger partial charge in [0.15, 0.2) is 0 Å². The molecule has 0 aliphatic heterocycles. The molecule has 0 radical (unpaired) electrons. The van der Waals surface area contributed by atoms with E-state index in [1.165, 1.54) is 16.7 Å². The van der Waals surface area contributed by atoms with Crippen LogP contribution in [-0.2, 0) is 6.61 Å². The summed E-state index contributed by atoms with van der Waals surface area (Å²) in [6.07, 6.45) is 0.715. The Hall–Kier alpha value is -1.91. The SMILES string of the molecule is Cc1cc(C)cc(COc2ccc(C#CCCCl)cc2)c1. The summed E-state index contributed by atoms with van der Waals surface area (Å²) in [5.74, 6) is 7.52. The summed E-state index contributed by atoms with van der Waals surface area (Å²) in [7, 11) is 0. The topological polar surface area (TPSA) is 9.23 Å². The van der Waals surface area contributed by atoms with E-state index in [-0.39, 0.29) is 0 Å². The van der Waals surface area contributed by atoms with Crippen molar-refractivity contribution in [2.24, 2.45) is 0 Å². The first-order valence-corrected chi connectivity index (χ1v) is 7.56. The molecule has 0 saturated heterocycles. The molecule has 0 heterocycles. The molecular weight excluding hydrogens is 280 g/mol. The highest BCUT2D eigenvalue weighted by atomic mass is 35.5. The number of rotatable bonds is 4. The van der Waals surface area contributed by atoms with E-state index in [9.17, 15) is 0 Å². The van der Waals surface area contributed by atoms with Gasteiger partial charge in [0.25, 0.3) is 0 Å². The molecule has 0 aliphatic carbocycles. The molecule has 0 unspecified atom stereocenters. The lowest BCUT2D eigenvalue weighted by Crippen LogP contribution is -1.96. The summed E-state index contributed by atoms with van der Waals surface area (Å²) in [5.41, 5.74) is 4.70. The Morgan fingerprint density at radius 3 is 2.29 bits per heavy atom. The summed E-state index contributed by atoms with van der Waals surface area (Å²) >= 11 is 5.59. The Bertz CT molecular complexity index is 627. The first-order valence-electron chi connectivity index (χ1n) is 7.02. The summed E-state index contributed by atoms with van der Waals surface area (Å²) in [5, 5.41) is 0. The van der Waals surface area contributed by atoms with Crippen LogP contribution in [-0.4, -0.2) is 5.88 Å². The molecule has 0 aliphatic rings. The maximum absolute atomic E-state index is 5.81. The van der Waals surface area contributed by atoms with Crippen LogP contribution in [0.15, 0.2) is 42.5 Å². The van der Waals surface area contributed by atoms with Gasteiger partial charge >= 0.3 is 0 Å². The van der Waals surface area contributed by atoms with E-state index in [2.05, 4.69) is 43.9 Å². The van der Waals surface area contributed by atoms with Gasteiger partial charge in [-0.15, -0.1) is 11.6 Å². The predicted molar refractivity (Wildman–Crippen MR) is 88.9 cm³/mol. The van der Waals surface area contributed by atoms with Crippen LogP contribution in [0, 0.1) is 25.7 Å². The fraction of sp³-hybridized carbons (Fsp3) is 0.263. The molecule has 0 amide bonds. The standard InChI is InChI=1S/C19H19ClO/c1-15-11-16(2)13-18(12-15)14-21-19-8-6-17(7-9-19)5-3-4-10-20/h6-9,11-13H,4,10,14H2,1-2H3. The van der Waals surface area contributed by atoms with Gasteiger partial charge in [-0.2, -0.15) is 0 Å². The molecule has 0 bridgehead atoms. The van der Waals surface area contributed by atoms with Crippen molar-refractivity contribution in [1.29, 1.82) is 0 Å². The molecule has 0 N–H and O–H groups in total. The average Bonchev–Trinajstić information content (AvgIpc) is 2.46. The minimum Gasteiger partial charge on any atom is -0.489 e. The van der Waals surface area contributed by atoms with Crippen molar-refractivity contribution in [2.45, 2.75) is 26.9 Å². The highest BCUT2D eigenvalue weighted by molar-refractivity contribution is 6.18. The lowest BCUT2D eigenvalue weighted by atomic mass is 10.1. The fourth-order valence-electron chi connectivity index (χ4n) is 2.17. The largest absolute Gasteiger partial charge is 0.489 e. The molecule has 2 aromatic carbocycles. The van der Waals surface area contributed by atoms with Crippen molar-refractivity contribution in [3.63, 3.8) is 0 Å². The highest BCUT2D eigenvalue weighted by Gasteiger charge is 1.98. The summed E-state index contributed by atoms with van der Waals surface area (Å²) in [6.45, 7) is 4.79. The maximum atomic E-state index is 5.81. The van der Waals surface area contributed by atoms with Crippen LogP contribution in [0.2, 0.25) is 0 Å². The molecule has 108 valence electrons. The lowest BCUT2D eigenvalue weighted by Gasteiger charge is -2.08. The van der Waals surface area contributed by atoms with E-state index in [4.69, 9.17) is 16.3 Å². The first-order chi connectivity index (χ1) is 10.2. The minimum absolute atomic E-state index is 0.574. The van der Waals surface area contributed by atoms with E-state index in [1.54, 1.807) is 0 Å². The van der Waals surface area contributed by atoms with Crippen molar-refractivity contribution in [3.05, 3.63) is 64.7 Å². The van der Waals surface area contributed by atoms with Gasteiger partial charge in [-0.3, -0.25) is 0 Å². The van der Waals surface area contributed by atoms with Gasteiger partial charge in [-0.1, -0.05) is 41.2 Å². The average molecular weight is 299 g/mol. The summed E-state index contributed by atoms with van der Waals surface area (Å²) in [6, 6.07) is 14.3. The Morgan fingerprint density at radius 1 is 1.00 bits per heavy atom. The molecule has 0 saturated carbocycles. The summed E-state index contributed by atoms with van der Waals surface area (Å²) in [4.78, 5) is 0. The van der Waals surface area contributed by atoms with Gasteiger partial charge in [-0.05, 0) is 43.7 Å². The van der Waals surface area contributed by atoms with Crippen LogP contribution in [0.3, 0.4) is 0 Å².